The van der Waals surface area contributed by atoms with E-state index in [0.29, 0.717) is 0 Å². The van der Waals surface area contributed by atoms with Gasteiger partial charge in [0.05, 0.1) is 8.07 Å². The van der Waals surface area contributed by atoms with E-state index in [4.69, 9.17) is 0 Å². The zero-order valence-electron chi connectivity index (χ0n) is 14.0. The first-order valence-corrected chi connectivity index (χ1v) is 9.66. The van der Waals surface area contributed by atoms with Crippen LogP contribution in [0.1, 0.15) is 27.7 Å². The van der Waals surface area contributed by atoms with Crippen molar-refractivity contribution in [3.05, 3.63) is 53.1 Å². The standard InChI is InChI=1S/C17H23Si.3ClH.Ti/c1-13-12-17(4,15(3)14(13)2)18(5,6)16-10-8-7-9-11-16;;;;/h7-11H,1-6H3;3*1H;/q-1;;;;+4/p-3. The summed E-state index contributed by atoms with van der Waals surface area (Å²) >= 11 is 0. The predicted octanol–water partition coefficient (Wildman–Crippen LogP) is -4.53. The van der Waals surface area contributed by atoms with E-state index >= 15 is 0 Å². The molecule has 0 saturated heterocycles. The summed E-state index contributed by atoms with van der Waals surface area (Å²) in [6, 6.07) is 11.0. The summed E-state index contributed by atoms with van der Waals surface area (Å²) < 4.78 is 0. The van der Waals surface area contributed by atoms with Crippen LogP contribution in [0.2, 0.25) is 18.1 Å². The first-order valence-electron chi connectivity index (χ1n) is 6.66. The molecule has 1 unspecified atom stereocenters. The average Bonchev–Trinajstić information content (AvgIpc) is 2.56. The van der Waals surface area contributed by atoms with Crippen LogP contribution in [0.15, 0.2) is 47.1 Å². The van der Waals surface area contributed by atoms with Gasteiger partial charge in [-0.1, -0.05) is 74.4 Å². The van der Waals surface area contributed by atoms with Crippen molar-refractivity contribution < 1.29 is 58.9 Å². The summed E-state index contributed by atoms with van der Waals surface area (Å²) in [5.41, 5.74) is 4.29. The van der Waals surface area contributed by atoms with Gasteiger partial charge in [0.2, 0.25) is 0 Å². The molecule has 120 valence electrons. The maximum atomic E-state index is 3.77. The van der Waals surface area contributed by atoms with Gasteiger partial charge in [-0.25, -0.2) is 5.57 Å². The second-order valence-electron chi connectivity index (χ2n) is 6.12. The molecule has 1 aliphatic carbocycles. The van der Waals surface area contributed by atoms with E-state index in [1.165, 1.54) is 21.9 Å². The molecule has 5 heteroatoms. The van der Waals surface area contributed by atoms with Crippen molar-refractivity contribution in [2.24, 2.45) is 0 Å². The minimum atomic E-state index is -1.61. The van der Waals surface area contributed by atoms with Crippen molar-refractivity contribution in [2.45, 2.75) is 45.8 Å². The minimum absolute atomic E-state index is 0. The van der Waals surface area contributed by atoms with E-state index in [1.54, 1.807) is 0 Å². The fourth-order valence-electron chi connectivity index (χ4n) is 2.99. The van der Waals surface area contributed by atoms with E-state index in [1.807, 2.05) is 0 Å². The Bertz CT molecular complexity index is 538. The molecule has 22 heavy (non-hydrogen) atoms. The molecule has 0 amide bonds. The van der Waals surface area contributed by atoms with Crippen LogP contribution in [0.25, 0.3) is 0 Å². The fraction of sp³-hybridized carbons (Fsp3) is 0.412. The molecule has 0 radical (unpaired) electrons. The zero-order valence-corrected chi connectivity index (χ0v) is 18.8. The maximum absolute atomic E-state index is 3.77. The molecule has 0 N–H and O–H groups in total. The Hall–Kier alpha value is 0.501. The summed E-state index contributed by atoms with van der Waals surface area (Å²) in [7, 11) is -1.61. The molecule has 1 aromatic carbocycles. The Morgan fingerprint density at radius 2 is 1.36 bits per heavy atom. The largest absolute Gasteiger partial charge is 4.00 e. The molecule has 0 spiro atoms. The van der Waals surface area contributed by atoms with Crippen molar-refractivity contribution >= 4 is 13.3 Å². The molecule has 0 heterocycles. The SMILES string of the molecule is CC1=[C-]C(C)([Si](C)(C)c2ccccc2)C(C)=C1C.[Cl-].[Cl-].[Cl-].[Ti+4]. The number of benzene rings is 1. The molecule has 0 fully saturated rings. The molecule has 0 saturated carbocycles. The van der Waals surface area contributed by atoms with Crippen LogP contribution in [-0.4, -0.2) is 8.07 Å². The van der Waals surface area contributed by atoms with Gasteiger partial charge in [0.25, 0.3) is 0 Å². The van der Waals surface area contributed by atoms with Crippen molar-refractivity contribution in [3.63, 3.8) is 0 Å². The molecule has 0 nitrogen and oxygen atoms in total. The molecule has 2 rings (SSSR count). The third kappa shape index (κ3) is 4.32. The summed E-state index contributed by atoms with van der Waals surface area (Å²) in [4.78, 5) is 0. The van der Waals surface area contributed by atoms with E-state index in [-0.39, 0.29) is 64.0 Å². The van der Waals surface area contributed by atoms with Crippen molar-refractivity contribution in [1.82, 2.24) is 0 Å². The van der Waals surface area contributed by atoms with Gasteiger partial charge in [-0.15, -0.1) is 6.92 Å². The number of rotatable bonds is 2. The number of allylic oxidation sites excluding steroid dienone is 4. The van der Waals surface area contributed by atoms with Gasteiger partial charge in [-0.3, -0.25) is 6.08 Å². The molecule has 1 atom stereocenters. The van der Waals surface area contributed by atoms with Crippen LogP contribution in [0.5, 0.6) is 0 Å². The van der Waals surface area contributed by atoms with E-state index in [9.17, 15) is 0 Å². The zero-order chi connectivity index (χ0) is 13.6. The quantitative estimate of drug-likeness (QED) is 0.341. The summed E-state index contributed by atoms with van der Waals surface area (Å²) in [6.07, 6.45) is 3.77. The molecular formula is C17H23Cl3SiTi. The van der Waals surface area contributed by atoms with Crippen LogP contribution >= 0.6 is 0 Å². The summed E-state index contributed by atoms with van der Waals surface area (Å²) in [6.45, 7) is 14.0. The van der Waals surface area contributed by atoms with Gasteiger partial charge < -0.3 is 37.2 Å². The molecular weight excluding hydrogens is 386 g/mol. The third-order valence-corrected chi connectivity index (χ3v) is 9.83. The van der Waals surface area contributed by atoms with E-state index in [0.717, 1.165) is 0 Å². The van der Waals surface area contributed by atoms with E-state index in [2.05, 4.69) is 77.2 Å². The average molecular weight is 410 g/mol. The van der Waals surface area contributed by atoms with Crippen molar-refractivity contribution in [2.75, 3.05) is 0 Å². The first kappa shape index (κ1) is 27.4. The Morgan fingerprint density at radius 1 is 0.909 bits per heavy atom. The van der Waals surface area contributed by atoms with Gasteiger partial charge in [-0.05, 0) is 0 Å². The van der Waals surface area contributed by atoms with Gasteiger partial charge in [0.1, 0.15) is 0 Å². The Morgan fingerprint density at radius 3 is 1.73 bits per heavy atom. The van der Waals surface area contributed by atoms with E-state index < -0.39 is 8.07 Å². The maximum Gasteiger partial charge on any atom is 4.00 e. The first-order chi connectivity index (χ1) is 8.30. The Balaban J connectivity index is -0.000000902. The van der Waals surface area contributed by atoms with Crippen LogP contribution in [0.4, 0.5) is 0 Å². The molecule has 1 aromatic rings. The van der Waals surface area contributed by atoms with Crippen LogP contribution in [0, 0.1) is 6.08 Å². The number of hydrogen-bond acceptors (Lipinski definition) is 0. The van der Waals surface area contributed by atoms with Crippen molar-refractivity contribution in [1.29, 1.82) is 0 Å². The Kier molecular flexibility index (Phi) is 12.1. The second kappa shape index (κ2) is 9.71. The summed E-state index contributed by atoms with van der Waals surface area (Å²) in [5, 5.41) is 1.64. The van der Waals surface area contributed by atoms with Crippen LogP contribution < -0.4 is 42.4 Å². The monoisotopic (exact) mass is 408 g/mol. The topological polar surface area (TPSA) is 0 Å². The minimum Gasteiger partial charge on any atom is -1.00 e. The second-order valence-corrected chi connectivity index (χ2v) is 10.9. The Labute approximate surface area is 170 Å². The van der Waals surface area contributed by atoms with Gasteiger partial charge in [-0.2, -0.15) is 11.1 Å². The molecule has 1 aliphatic rings. The summed E-state index contributed by atoms with van der Waals surface area (Å²) in [5.74, 6) is 0. The van der Waals surface area contributed by atoms with Crippen molar-refractivity contribution in [3.8, 4) is 0 Å². The van der Waals surface area contributed by atoms with Gasteiger partial charge in [0, 0.05) is 0 Å². The number of halogens is 3. The molecule has 0 aromatic heterocycles. The smallest absolute Gasteiger partial charge is 1.00 e. The van der Waals surface area contributed by atoms with Crippen LogP contribution in [-0.2, 0) is 21.7 Å². The number of hydrogen-bond donors (Lipinski definition) is 0. The third-order valence-electron chi connectivity index (χ3n) is 5.06. The normalized spacial score (nSPS) is 20.0. The van der Waals surface area contributed by atoms with Gasteiger partial charge >= 0.3 is 21.7 Å². The predicted molar refractivity (Wildman–Crippen MR) is 82.7 cm³/mol. The van der Waals surface area contributed by atoms with Crippen LogP contribution in [0.3, 0.4) is 0 Å². The fourth-order valence-corrected chi connectivity index (χ4v) is 6.22. The van der Waals surface area contributed by atoms with Gasteiger partial charge in [0.15, 0.2) is 0 Å². The molecule has 0 bridgehead atoms. The molecule has 0 aliphatic heterocycles.